The van der Waals surface area contributed by atoms with E-state index in [1.165, 1.54) is 22.5 Å². The van der Waals surface area contributed by atoms with E-state index >= 15 is 0 Å². The fourth-order valence-electron chi connectivity index (χ4n) is 3.79. The third-order valence-corrected chi connectivity index (χ3v) is 7.56. The van der Waals surface area contributed by atoms with Crippen LogP contribution in [0.2, 0.25) is 0 Å². The Morgan fingerprint density at radius 3 is 2.24 bits per heavy atom. The van der Waals surface area contributed by atoms with Crippen molar-refractivity contribution in [2.24, 2.45) is 0 Å². The molecule has 4 rings (SSSR count). The van der Waals surface area contributed by atoms with Gasteiger partial charge < -0.3 is 5.32 Å². The van der Waals surface area contributed by atoms with Crippen molar-refractivity contribution >= 4 is 27.3 Å². The first-order chi connectivity index (χ1) is 16.3. The number of non-ortho nitro benzene ring substituents is 1. The van der Waals surface area contributed by atoms with Crippen LogP contribution in [0.3, 0.4) is 0 Å². The molecule has 1 amide bonds. The molecule has 3 aromatic carbocycles. The Morgan fingerprint density at radius 1 is 0.912 bits per heavy atom. The average Bonchev–Trinajstić information content (AvgIpc) is 2.85. The van der Waals surface area contributed by atoms with E-state index in [1.54, 1.807) is 48.5 Å². The lowest BCUT2D eigenvalue weighted by atomic mass is 10.1. The highest BCUT2D eigenvalue weighted by Gasteiger charge is 2.28. The van der Waals surface area contributed by atoms with Crippen LogP contribution in [-0.4, -0.2) is 54.6 Å². The number of nitro benzene ring substituents is 1. The molecule has 0 radical (unpaired) electrons. The second-order valence-corrected chi connectivity index (χ2v) is 9.89. The highest BCUT2D eigenvalue weighted by atomic mass is 32.2. The quantitative estimate of drug-likeness (QED) is 0.410. The summed E-state index contributed by atoms with van der Waals surface area (Å²) in [7, 11) is -3.48. The third kappa shape index (κ3) is 5.48. The van der Waals surface area contributed by atoms with Crippen LogP contribution in [0.4, 0.5) is 11.4 Å². The molecule has 1 fully saturated rings. The van der Waals surface area contributed by atoms with Crippen LogP contribution < -0.4 is 5.32 Å². The number of carbonyl (C=O) groups excluding carboxylic acids is 1. The molecule has 0 saturated carbocycles. The summed E-state index contributed by atoms with van der Waals surface area (Å²) in [5.41, 5.74) is 1.71. The van der Waals surface area contributed by atoms with E-state index in [2.05, 4.69) is 10.2 Å². The molecule has 0 atom stereocenters. The van der Waals surface area contributed by atoms with Crippen LogP contribution in [0.15, 0.2) is 83.8 Å². The van der Waals surface area contributed by atoms with Crippen LogP contribution in [0.5, 0.6) is 0 Å². The Bertz CT molecular complexity index is 1270. The van der Waals surface area contributed by atoms with Gasteiger partial charge in [0, 0.05) is 56.1 Å². The van der Waals surface area contributed by atoms with E-state index in [0.717, 1.165) is 5.56 Å². The Hall–Kier alpha value is -3.60. The molecule has 0 spiro atoms. The average molecular weight is 481 g/mol. The van der Waals surface area contributed by atoms with Crippen molar-refractivity contribution in [1.29, 1.82) is 0 Å². The Morgan fingerprint density at radius 2 is 1.59 bits per heavy atom. The molecule has 1 heterocycles. The van der Waals surface area contributed by atoms with Crippen LogP contribution in [0.25, 0.3) is 0 Å². The summed E-state index contributed by atoms with van der Waals surface area (Å²) in [4.78, 5) is 25.4. The van der Waals surface area contributed by atoms with Gasteiger partial charge in [0.05, 0.1) is 9.82 Å². The van der Waals surface area contributed by atoms with Crippen molar-refractivity contribution in [1.82, 2.24) is 9.21 Å². The normalized spacial score (nSPS) is 15.1. The molecule has 1 aliphatic rings. The zero-order valence-corrected chi connectivity index (χ0v) is 19.1. The number of rotatable bonds is 7. The second-order valence-electron chi connectivity index (χ2n) is 7.95. The van der Waals surface area contributed by atoms with Crippen molar-refractivity contribution in [2.75, 3.05) is 31.5 Å². The lowest BCUT2D eigenvalue weighted by Gasteiger charge is -2.34. The van der Waals surface area contributed by atoms with Gasteiger partial charge >= 0.3 is 0 Å². The van der Waals surface area contributed by atoms with E-state index in [0.29, 0.717) is 48.9 Å². The second kappa shape index (κ2) is 10.1. The first-order valence-electron chi connectivity index (χ1n) is 10.8. The zero-order valence-electron chi connectivity index (χ0n) is 18.3. The summed E-state index contributed by atoms with van der Waals surface area (Å²) < 4.78 is 27.1. The third-order valence-electron chi connectivity index (χ3n) is 5.65. The smallest absolute Gasteiger partial charge is 0.271 e. The molecule has 0 aromatic heterocycles. The van der Waals surface area contributed by atoms with Gasteiger partial charge in [0.2, 0.25) is 10.0 Å². The summed E-state index contributed by atoms with van der Waals surface area (Å²) in [6, 6.07) is 21.4. The minimum absolute atomic E-state index is 0.0928. The molecule has 0 aliphatic carbocycles. The number of amides is 1. The Balaban J connectivity index is 1.32. The van der Waals surface area contributed by atoms with Gasteiger partial charge in [-0.15, -0.1) is 0 Å². The SMILES string of the molecule is O=C(Nc1cccc([N+](=O)[O-])c1)c1ccc(CN2CCN(S(=O)(=O)c3ccccc3)CC2)cc1. The Labute approximate surface area is 197 Å². The van der Waals surface area contributed by atoms with E-state index in [9.17, 15) is 23.3 Å². The minimum Gasteiger partial charge on any atom is -0.322 e. The van der Waals surface area contributed by atoms with E-state index in [1.807, 2.05) is 12.1 Å². The molecule has 10 heteroatoms. The molecule has 0 bridgehead atoms. The number of benzene rings is 3. The fourth-order valence-corrected chi connectivity index (χ4v) is 5.23. The Kier molecular flexibility index (Phi) is 7.01. The molecule has 1 saturated heterocycles. The summed E-state index contributed by atoms with van der Waals surface area (Å²) in [6.07, 6.45) is 0. The molecular formula is C24H24N4O5S. The molecule has 9 nitrogen and oxygen atoms in total. The van der Waals surface area contributed by atoms with Crippen LogP contribution in [0, 0.1) is 10.1 Å². The van der Waals surface area contributed by atoms with Crippen molar-refractivity contribution in [3.8, 4) is 0 Å². The van der Waals surface area contributed by atoms with Crippen LogP contribution in [0.1, 0.15) is 15.9 Å². The molecule has 176 valence electrons. The maximum Gasteiger partial charge on any atom is 0.271 e. The molecule has 34 heavy (non-hydrogen) atoms. The lowest BCUT2D eigenvalue weighted by Crippen LogP contribution is -2.48. The number of hydrogen-bond donors (Lipinski definition) is 1. The van der Waals surface area contributed by atoms with Crippen molar-refractivity contribution < 1.29 is 18.1 Å². The minimum atomic E-state index is -3.48. The standard InChI is InChI=1S/C24H24N4O5S/c29-24(25-21-5-4-6-22(17-21)28(30)31)20-11-9-19(10-12-20)18-26-13-15-27(16-14-26)34(32,33)23-7-2-1-3-8-23/h1-12,17H,13-16,18H2,(H,25,29). The summed E-state index contributed by atoms with van der Waals surface area (Å²) in [6.45, 7) is 2.70. The topological polar surface area (TPSA) is 113 Å². The van der Waals surface area contributed by atoms with Gasteiger partial charge in [0.25, 0.3) is 11.6 Å². The summed E-state index contributed by atoms with van der Waals surface area (Å²) in [5.74, 6) is -0.355. The predicted octanol–water partition coefficient (Wildman–Crippen LogP) is 3.35. The summed E-state index contributed by atoms with van der Waals surface area (Å²) in [5, 5.41) is 13.6. The molecule has 0 unspecified atom stereocenters. The van der Waals surface area contributed by atoms with Crippen molar-refractivity contribution in [2.45, 2.75) is 11.4 Å². The summed E-state index contributed by atoms with van der Waals surface area (Å²) >= 11 is 0. The van der Waals surface area contributed by atoms with Gasteiger partial charge in [-0.1, -0.05) is 36.4 Å². The maximum atomic E-state index is 12.8. The number of sulfonamides is 1. The fraction of sp³-hybridized carbons (Fsp3) is 0.208. The highest BCUT2D eigenvalue weighted by molar-refractivity contribution is 7.89. The van der Waals surface area contributed by atoms with Gasteiger partial charge in [-0.05, 0) is 35.9 Å². The molecule has 3 aromatic rings. The van der Waals surface area contributed by atoms with Crippen molar-refractivity contribution in [3.63, 3.8) is 0 Å². The zero-order chi connectivity index (χ0) is 24.1. The van der Waals surface area contributed by atoms with E-state index in [-0.39, 0.29) is 11.6 Å². The number of nitrogens with zero attached hydrogens (tertiary/aromatic N) is 3. The van der Waals surface area contributed by atoms with Gasteiger partial charge in [-0.3, -0.25) is 19.8 Å². The largest absolute Gasteiger partial charge is 0.322 e. The molecule has 1 aliphatic heterocycles. The van der Waals surface area contributed by atoms with Gasteiger partial charge in [-0.2, -0.15) is 4.31 Å². The van der Waals surface area contributed by atoms with Crippen LogP contribution >= 0.6 is 0 Å². The highest BCUT2D eigenvalue weighted by Crippen LogP contribution is 2.20. The van der Waals surface area contributed by atoms with Gasteiger partial charge in [0.1, 0.15) is 0 Å². The first kappa shape index (κ1) is 23.6. The van der Waals surface area contributed by atoms with Crippen molar-refractivity contribution in [3.05, 3.63) is 100 Å². The molecule has 1 N–H and O–H groups in total. The first-order valence-corrected chi connectivity index (χ1v) is 12.2. The van der Waals surface area contributed by atoms with Gasteiger partial charge in [-0.25, -0.2) is 8.42 Å². The number of carbonyl (C=O) groups is 1. The number of nitrogens with one attached hydrogen (secondary N) is 1. The molecular weight excluding hydrogens is 456 g/mol. The number of piperazine rings is 1. The van der Waals surface area contributed by atoms with Crippen LogP contribution in [-0.2, 0) is 16.6 Å². The lowest BCUT2D eigenvalue weighted by molar-refractivity contribution is -0.384. The van der Waals surface area contributed by atoms with Gasteiger partial charge in [0.15, 0.2) is 0 Å². The predicted molar refractivity (Wildman–Crippen MR) is 128 cm³/mol. The number of nitro groups is 1. The monoisotopic (exact) mass is 480 g/mol. The number of hydrogen-bond acceptors (Lipinski definition) is 6. The van der Waals surface area contributed by atoms with E-state index < -0.39 is 14.9 Å². The maximum absolute atomic E-state index is 12.8. The number of anilines is 1. The van der Waals surface area contributed by atoms with E-state index in [4.69, 9.17) is 0 Å².